The van der Waals surface area contributed by atoms with Crippen molar-refractivity contribution < 1.29 is 4.42 Å². The number of fused-ring (bicyclic) bond motifs is 9. The topological polar surface area (TPSA) is 38.4 Å². The van der Waals surface area contributed by atoms with E-state index in [0.29, 0.717) is 5.89 Å². The van der Waals surface area contributed by atoms with Gasteiger partial charge in [-0.1, -0.05) is 103 Å². The van der Waals surface area contributed by atoms with Gasteiger partial charge >= 0.3 is 0 Å². The fraction of sp³-hybridized carbons (Fsp3) is 0.0256. The molecule has 0 fully saturated rings. The minimum atomic E-state index is 0.181. The van der Waals surface area contributed by atoms with Crippen LogP contribution in [0.5, 0.6) is 0 Å². The number of nitrogens with zero attached hydrogens (tertiary/aromatic N) is 2. The lowest BCUT2D eigenvalue weighted by atomic mass is 9.75. The summed E-state index contributed by atoms with van der Waals surface area (Å²) >= 11 is 0. The van der Waals surface area contributed by atoms with E-state index in [1.165, 1.54) is 44.5 Å². The number of aromatic nitrogens is 1. The van der Waals surface area contributed by atoms with Gasteiger partial charge in [0.1, 0.15) is 5.52 Å². The molecule has 0 N–H and O–H groups in total. The third kappa shape index (κ3) is 3.54. The summed E-state index contributed by atoms with van der Waals surface area (Å²) in [5.41, 5.74) is 16.0. The Hall–Kier alpha value is -5.54. The molecule has 9 rings (SSSR count). The number of benzene rings is 6. The van der Waals surface area contributed by atoms with Crippen molar-refractivity contribution in [3.8, 4) is 44.8 Å². The van der Waals surface area contributed by atoms with E-state index in [9.17, 15) is 0 Å². The Balaban J connectivity index is 1.05. The third-order valence-electron chi connectivity index (χ3n) is 8.60. The van der Waals surface area contributed by atoms with Gasteiger partial charge in [-0.05, 0) is 80.9 Å². The van der Waals surface area contributed by atoms with Crippen LogP contribution in [0.4, 0.5) is 5.69 Å². The Bertz CT molecular complexity index is 2150. The Kier molecular flexibility index (Phi) is 4.96. The van der Waals surface area contributed by atoms with Gasteiger partial charge in [-0.2, -0.15) is 0 Å². The first-order valence-electron chi connectivity index (χ1n) is 14.3. The SMILES string of the molecule is c1ccc2c(c1)N=C1c3cc(-c4ccc(-c5ccc(-c6nc7ccccc7o6)cc5)cc4)ccc3-c3ccccc3C12. The molecular weight excluding hydrogens is 512 g/mol. The summed E-state index contributed by atoms with van der Waals surface area (Å²) < 4.78 is 5.95. The molecule has 1 aliphatic carbocycles. The summed E-state index contributed by atoms with van der Waals surface area (Å²) in [6.45, 7) is 0. The van der Waals surface area contributed by atoms with Gasteiger partial charge in [0.15, 0.2) is 5.58 Å². The van der Waals surface area contributed by atoms with Crippen LogP contribution >= 0.6 is 0 Å². The maximum atomic E-state index is 5.95. The van der Waals surface area contributed by atoms with Gasteiger partial charge in [0.05, 0.1) is 17.3 Å². The fourth-order valence-corrected chi connectivity index (χ4v) is 6.53. The monoisotopic (exact) mass is 536 g/mol. The molecule has 3 heteroatoms. The third-order valence-corrected chi connectivity index (χ3v) is 8.60. The highest BCUT2D eigenvalue weighted by atomic mass is 16.3. The summed E-state index contributed by atoms with van der Waals surface area (Å²) in [5.74, 6) is 0.825. The van der Waals surface area contributed by atoms with Crippen LogP contribution in [0, 0.1) is 0 Å². The Morgan fingerprint density at radius 3 is 1.88 bits per heavy atom. The standard InChI is InChI=1S/C39H24N2O/c1-2-8-31-29(7-1)30-22-21-28(23-33(30)38-37(31)32-9-3-4-10-34(32)40-38)26-15-13-24(14-16-26)25-17-19-27(20-18-25)39-41-35-11-5-6-12-36(35)42-39/h1-23,37H. The zero-order valence-electron chi connectivity index (χ0n) is 22.7. The van der Waals surface area contributed by atoms with Crippen LogP contribution in [0.15, 0.2) is 149 Å². The van der Waals surface area contributed by atoms with E-state index >= 15 is 0 Å². The number of para-hydroxylation sites is 3. The molecule has 2 heterocycles. The molecule has 0 bridgehead atoms. The van der Waals surface area contributed by atoms with Crippen LogP contribution in [0.2, 0.25) is 0 Å². The number of hydrogen-bond acceptors (Lipinski definition) is 3. The summed E-state index contributed by atoms with van der Waals surface area (Å²) in [4.78, 5) is 9.78. The van der Waals surface area contributed by atoms with Crippen molar-refractivity contribution in [2.75, 3.05) is 0 Å². The molecule has 1 unspecified atom stereocenters. The molecule has 196 valence electrons. The summed E-state index contributed by atoms with van der Waals surface area (Å²) in [5, 5.41) is 0. The van der Waals surface area contributed by atoms with Crippen LogP contribution in [0.25, 0.3) is 55.9 Å². The van der Waals surface area contributed by atoms with Crippen LogP contribution in [0.1, 0.15) is 22.6 Å². The molecule has 0 radical (unpaired) electrons. The molecule has 2 aliphatic rings. The zero-order valence-corrected chi connectivity index (χ0v) is 22.7. The second-order valence-electron chi connectivity index (χ2n) is 11.0. The molecule has 1 atom stereocenters. The van der Waals surface area contributed by atoms with E-state index < -0.39 is 0 Å². The lowest BCUT2D eigenvalue weighted by Gasteiger charge is -2.27. The van der Waals surface area contributed by atoms with E-state index in [0.717, 1.165) is 33.6 Å². The Morgan fingerprint density at radius 2 is 1.10 bits per heavy atom. The van der Waals surface area contributed by atoms with Crippen LogP contribution in [0.3, 0.4) is 0 Å². The summed E-state index contributed by atoms with van der Waals surface area (Å²) in [7, 11) is 0. The molecule has 1 aromatic heterocycles. The largest absolute Gasteiger partial charge is 0.436 e. The average molecular weight is 537 g/mol. The van der Waals surface area contributed by atoms with Gasteiger partial charge < -0.3 is 4.42 Å². The lowest BCUT2D eigenvalue weighted by Crippen LogP contribution is -2.18. The van der Waals surface area contributed by atoms with Gasteiger partial charge in [-0.3, -0.25) is 4.99 Å². The molecule has 0 spiro atoms. The molecule has 1 aliphatic heterocycles. The minimum absolute atomic E-state index is 0.181. The molecule has 42 heavy (non-hydrogen) atoms. The normalized spacial score (nSPS) is 14.6. The summed E-state index contributed by atoms with van der Waals surface area (Å²) in [6, 6.07) is 49.3. The fourth-order valence-electron chi connectivity index (χ4n) is 6.53. The van der Waals surface area contributed by atoms with Crippen molar-refractivity contribution in [3.63, 3.8) is 0 Å². The van der Waals surface area contributed by atoms with E-state index in [4.69, 9.17) is 9.41 Å². The Labute approximate surface area is 243 Å². The van der Waals surface area contributed by atoms with Crippen molar-refractivity contribution in [2.45, 2.75) is 5.92 Å². The maximum Gasteiger partial charge on any atom is 0.227 e. The van der Waals surface area contributed by atoms with E-state index in [1.54, 1.807) is 0 Å². The van der Waals surface area contributed by atoms with E-state index in [2.05, 4.69) is 120 Å². The predicted octanol–water partition coefficient (Wildman–Crippen LogP) is 10.1. The Morgan fingerprint density at radius 1 is 0.476 bits per heavy atom. The summed E-state index contributed by atoms with van der Waals surface area (Å²) in [6.07, 6.45) is 0. The molecule has 0 saturated heterocycles. The zero-order chi connectivity index (χ0) is 27.6. The van der Waals surface area contributed by atoms with Crippen LogP contribution < -0.4 is 0 Å². The highest BCUT2D eigenvalue weighted by Gasteiger charge is 2.36. The first kappa shape index (κ1) is 23.2. The minimum Gasteiger partial charge on any atom is -0.436 e. The van der Waals surface area contributed by atoms with Gasteiger partial charge in [0.25, 0.3) is 0 Å². The smallest absolute Gasteiger partial charge is 0.227 e. The van der Waals surface area contributed by atoms with Gasteiger partial charge in [0.2, 0.25) is 5.89 Å². The number of rotatable bonds is 3. The van der Waals surface area contributed by atoms with Gasteiger partial charge in [-0.25, -0.2) is 4.98 Å². The van der Waals surface area contributed by atoms with E-state index in [-0.39, 0.29) is 5.92 Å². The van der Waals surface area contributed by atoms with Gasteiger partial charge in [-0.15, -0.1) is 0 Å². The number of oxazole rings is 1. The van der Waals surface area contributed by atoms with Crippen LogP contribution in [-0.2, 0) is 0 Å². The predicted molar refractivity (Wildman–Crippen MR) is 170 cm³/mol. The molecule has 7 aromatic rings. The molecule has 3 nitrogen and oxygen atoms in total. The molecule has 6 aromatic carbocycles. The van der Waals surface area contributed by atoms with Gasteiger partial charge in [0, 0.05) is 11.1 Å². The van der Waals surface area contributed by atoms with Crippen molar-refractivity contribution in [3.05, 3.63) is 156 Å². The quantitative estimate of drug-likeness (QED) is 0.225. The maximum absolute atomic E-state index is 5.95. The highest BCUT2D eigenvalue weighted by molar-refractivity contribution is 6.18. The van der Waals surface area contributed by atoms with E-state index in [1.807, 2.05) is 24.3 Å². The lowest BCUT2D eigenvalue weighted by molar-refractivity contribution is 0.620. The average Bonchev–Trinajstić information content (AvgIpc) is 3.67. The number of aliphatic imine (C=N–C) groups is 1. The van der Waals surface area contributed by atoms with Crippen LogP contribution in [-0.4, -0.2) is 10.7 Å². The number of hydrogen-bond donors (Lipinski definition) is 0. The molecule has 0 saturated carbocycles. The molecule has 0 amide bonds. The second kappa shape index (κ2) is 8.98. The first-order valence-corrected chi connectivity index (χ1v) is 14.3. The van der Waals surface area contributed by atoms with Crippen molar-refractivity contribution in [1.29, 1.82) is 0 Å². The van der Waals surface area contributed by atoms with Crippen molar-refractivity contribution in [1.82, 2.24) is 4.98 Å². The molecular formula is C39H24N2O. The van der Waals surface area contributed by atoms with Crippen molar-refractivity contribution in [2.24, 2.45) is 4.99 Å². The second-order valence-corrected chi connectivity index (χ2v) is 11.0. The first-order chi connectivity index (χ1) is 20.8. The highest BCUT2D eigenvalue weighted by Crippen LogP contribution is 2.50. The van der Waals surface area contributed by atoms with Crippen molar-refractivity contribution >= 4 is 22.5 Å².